The largest absolute Gasteiger partial charge is 0.472 e. The molecule has 1 amide bonds. The van der Waals surface area contributed by atoms with Gasteiger partial charge in [0.25, 0.3) is 0 Å². The number of aliphatic hydroxyl groups excluding tert-OH is 1. The minimum Gasteiger partial charge on any atom is -0.391 e. The Kier molecular flexibility index (Phi) is 42.9. The summed E-state index contributed by atoms with van der Waals surface area (Å²) in [6.07, 6.45) is 51.0. The predicted octanol–water partition coefficient (Wildman–Crippen LogP) is 15.1. The van der Waals surface area contributed by atoms with Crippen molar-refractivity contribution in [3.8, 4) is 0 Å². The van der Waals surface area contributed by atoms with Gasteiger partial charge < -0.3 is 19.8 Å². The zero-order chi connectivity index (χ0) is 44.3. The first-order valence-electron chi connectivity index (χ1n) is 26.1. The molecule has 0 aliphatic heterocycles. The molecule has 358 valence electrons. The number of amides is 1. The Morgan fingerprint density at radius 2 is 0.900 bits per heavy atom. The number of nitrogens with one attached hydrogen (secondary N) is 1. The lowest BCUT2D eigenvalue weighted by molar-refractivity contribution is -0.870. The van der Waals surface area contributed by atoms with Gasteiger partial charge >= 0.3 is 7.82 Å². The lowest BCUT2D eigenvalue weighted by atomic mass is 10.0. The summed E-state index contributed by atoms with van der Waals surface area (Å²) in [5, 5.41) is 14.0. The normalized spacial score (nSPS) is 14.2. The van der Waals surface area contributed by atoms with E-state index >= 15 is 0 Å². The number of likely N-dealkylation sites (N-methyl/N-ethyl adjacent to an activating group) is 1. The molecule has 0 rings (SSSR count). The number of allylic oxidation sites excluding steroid dienone is 2. The van der Waals surface area contributed by atoms with E-state index in [1.807, 2.05) is 21.1 Å². The maximum Gasteiger partial charge on any atom is 0.472 e. The standard InChI is InChI=1S/C51H103N2O6P/c1-6-8-10-12-14-16-18-20-22-24-26-27-29-31-33-35-37-39-41-43-45-51(55)52-49(48-59-60(56,57)58-47-46-53(3,4)5)50(54)44-42-40-38-36-34-32-30-28-25-23-21-19-17-15-13-11-9-7-2/h26-27,49-50,54H,6-25,28-48H2,1-5H3,(H-,52,55,56,57)/p+1/b27-26-. The Morgan fingerprint density at radius 3 is 1.28 bits per heavy atom. The molecule has 0 aliphatic carbocycles. The summed E-state index contributed by atoms with van der Waals surface area (Å²) in [6.45, 7) is 4.92. The van der Waals surface area contributed by atoms with Crippen LogP contribution in [0.3, 0.4) is 0 Å². The number of unbranched alkanes of at least 4 members (excludes halogenated alkanes) is 33. The van der Waals surface area contributed by atoms with Crippen molar-refractivity contribution < 1.29 is 32.9 Å². The molecular weight excluding hydrogens is 768 g/mol. The van der Waals surface area contributed by atoms with Crippen molar-refractivity contribution in [1.29, 1.82) is 0 Å². The van der Waals surface area contributed by atoms with E-state index in [-0.39, 0.29) is 19.1 Å². The number of phosphoric ester groups is 1. The second kappa shape index (κ2) is 43.5. The topological polar surface area (TPSA) is 105 Å². The molecule has 0 spiro atoms. The molecule has 3 N–H and O–H groups in total. The maximum atomic E-state index is 12.9. The van der Waals surface area contributed by atoms with Gasteiger partial charge in [-0.25, -0.2) is 4.57 Å². The van der Waals surface area contributed by atoms with Gasteiger partial charge in [0.1, 0.15) is 13.2 Å². The molecule has 60 heavy (non-hydrogen) atoms. The highest BCUT2D eigenvalue weighted by atomic mass is 31.2. The van der Waals surface area contributed by atoms with Gasteiger partial charge in [0.05, 0.1) is 39.9 Å². The summed E-state index contributed by atoms with van der Waals surface area (Å²) >= 11 is 0. The maximum absolute atomic E-state index is 12.9. The first kappa shape index (κ1) is 59.2. The van der Waals surface area contributed by atoms with Gasteiger partial charge in [0.15, 0.2) is 0 Å². The first-order valence-corrected chi connectivity index (χ1v) is 27.5. The SMILES string of the molecule is CCCCCCCCCCC/C=C\CCCCCCCCCC(=O)NC(COP(=O)(O)OCC[N+](C)(C)C)C(O)CCCCCCCCCCCCCCCCCCCC. The smallest absolute Gasteiger partial charge is 0.391 e. The molecule has 3 unspecified atom stereocenters. The lowest BCUT2D eigenvalue weighted by Crippen LogP contribution is -2.46. The fraction of sp³-hybridized carbons (Fsp3) is 0.941. The van der Waals surface area contributed by atoms with E-state index in [1.54, 1.807) is 0 Å². The van der Waals surface area contributed by atoms with Gasteiger partial charge in [-0.2, -0.15) is 0 Å². The summed E-state index contributed by atoms with van der Waals surface area (Å²) < 4.78 is 23.7. The van der Waals surface area contributed by atoms with E-state index in [0.717, 1.165) is 38.5 Å². The van der Waals surface area contributed by atoms with Crippen LogP contribution in [-0.2, 0) is 18.4 Å². The van der Waals surface area contributed by atoms with Crippen LogP contribution < -0.4 is 5.32 Å². The van der Waals surface area contributed by atoms with Crippen LogP contribution in [0.25, 0.3) is 0 Å². The molecule has 0 heterocycles. The van der Waals surface area contributed by atoms with Crippen LogP contribution in [0, 0.1) is 0 Å². The molecule has 9 heteroatoms. The fourth-order valence-corrected chi connectivity index (χ4v) is 8.60. The van der Waals surface area contributed by atoms with E-state index in [0.29, 0.717) is 23.9 Å². The number of carbonyl (C=O) groups excluding carboxylic acids is 1. The molecule has 0 aromatic carbocycles. The lowest BCUT2D eigenvalue weighted by Gasteiger charge is -2.26. The Labute approximate surface area is 373 Å². The monoisotopic (exact) mass is 872 g/mol. The number of hydrogen-bond donors (Lipinski definition) is 3. The van der Waals surface area contributed by atoms with Crippen molar-refractivity contribution >= 4 is 13.7 Å². The van der Waals surface area contributed by atoms with Gasteiger partial charge in [-0.1, -0.05) is 225 Å². The molecule has 0 aliphatic rings. The van der Waals surface area contributed by atoms with E-state index in [9.17, 15) is 19.4 Å². The Bertz CT molecular complexity index is 989. The van der Waals surface area contributed by atoms with Gasteiger partial charge in [0.2, 0.25) is 5.91 Å². The summed E-state index contributed by atoms with van der Waals surface area (Å²) in [5.41, 5.74) is 0. The fourth-order valence-electron chi connectivity index (χ4n) is 7.87. The number of phosphoric acid groups is 1. The van der Waals surface area contributed by atoms with Crippen LogP contribution in [0.1, 0.15) is 258 Å². The Morgan fingerprint density at radius 1 is 0.550 bits per heavy atom. The molecule has 0 aromatic heterocycles. The van der Waals surface area contributed by atoms with Crippen LogP contribution in [0.4, 0.5) is 0 Å². The van der Waals surface area contributed by atoms with Crippen molar-refractivity contribution in [2.24, 2.45) is 0 Å². The molecule has 0 fully saturated rings. The summed E-state index contributed by atoms with van der Waals surface area (Å²) in [5.74, 6) is -0.145. The number of hydrogen-bond acceptors (Lipinski definition) is 5. The molecule has 0 aromatic rings. The quantitative estimate of drug-likeness (QED) is 0.0243. The third-order valence-electron chi connectivity index (χ3n) is 12.0. The van der Waals surface area contributed by atoms with Crippen LogP contribution in [0.15, 0.2) is 12.2 Å². The summed E-state index contributed by atoms with van der Waals surface area (Å²) in [6, 6.07) is -0.759. The highest BCUT2D eigenvalue weighted by Gasteiger charge is 2.28. The summed E-state index contributed by atoms with van der Waals surface area (Å²) in [4.78, 5) is 23.3. The first-order chi connectivity index (χ1) is 29.0. The highest BCUT2D eigenvalue weighted by molar-refractivity contribution is 7.47. The minimum atomic E-state index is -4.32. The van der Waals surface area contributed by atoms with Gasteiger partial charge in [0, 0.05) is 6.42 Å². The zero-order valence-electron chi connectivity index (χ0n) is 40.7. The van der Waals surface area contributed by atoms with Crippen molar-refractivity contribution in [1.82, 2.24) is 5.32 Å². The second-order valence-electron chi connectivity index (χ2n) is 19.3. The average Bonchev–Trinajstić information content (AvgIpc) is 3.20. The molecule has 0 bridgehead atoms. The minimum absolute atomic E-state index is 0.0760. The zero-order valence-corrected chi connectivity index (χ0v) is 41.6. The number of aliphatic hydroxyl groups is 1. The van der Waals surface area contributed by atoms with Gasteiger partial charge in [-0.3, -0.25) is 13.8 Å². The van der Waals surface area contributed by atoms with E-state index in [1.165, 1.54) is 193 Å². The Hall–Kier alpha value is -0.760. The van der Waals surface area contributed by atoms with Crippen LogP contribution in [0.2, 0.25) is 0 Å². The highest BCUT2D eigenvalue weighted by Crippen LogP contribution is 2.43. The van der Waals surface area contributed by atoms with Gasteiger partial charge in [-0.15, -0.1) is 0 Å². The molecule has 0 radical (unpaired) electrons. The van der Waals surface area contributed by atoms with Gasteiger partial charge in [-0.05, 0) is 38.5 Å². The van der Waals surface area contributed by atoms with Crippen LogP contribution >= 0.6 is 7.82 Å². The molecule has 3 atom stereocenters. The molecular formula is C51H104N2O6P+. The predicted molar refractivity (Wildman–Crippen MR) is 259 cm³/mol. The van der Waals surface area contributed by atoms with E-state index < -0.39 is 20.0 Å². The third-order valence-corrected chi connectivity index (χ3v) is 13.0. The Balaban J connectivity index is 4.24. The molecule has 0 saturated heterocycles. The average molecular weight is 872 g/mol. The van der Waals surface area contributed by atoms with Crippen molar-refractivity contribution in [2.75, 3.05) is 40.9 Å². The van der Waals surface area contributed by atoms with Crippen molar-refractivity contribution in [3.63, 3.8) is 0 Å². The van der Waals surface area contributed by atoms with E-state index in [4.69, 9.17) is 9.05 Å². The third kappa shape index (κ3) is 45.3. The number of quaternary nitrogens is 1. The van der Waals surface area contributed by atoms with Crippen LogP contribution in [0.5, 0.6) is 0 Å². The summed E-state index contributed by atoms with van der Waals surface area (Å²) in [7, 11) is 1.62. The second-order valence-corrected chi connectivity index (χ2v) is 20.7. The van der Waals surface area contributed by atoms with Crippen molar-refractivity contribution in [3.05, 3.63) is 12.2 Å². The van der Waals surface area contributed by atoms with Crippen LogP contribution in [-0.4, -0.2) is 73.4 Å². The van der Waals surface area contributed by atoms with Crippen molar-refractivity contribution in [2.45, 2.75) is 270 Å². The molecule has 8 nitrogen and oxygen atoms in total. The van der Waals surface area contributed by atoms with E-state index in [2.05, 4.69) is 31.3 Å². The number of nitrogens with zero attached hydrogens (tertiary/aromatic N) is 1. The molecule has 0 saturated carbocycles. The number of rotatable bonds is 48. The number of carbonyl (C=O) groups is 1.